The minimum Gasteiger partial charge on any atom is -0.508 e. The molecule has 0 fully saturated rings. The molecule has 0 saturated heterocycles. The molecule has 42 heavy (non-hydrogen) atoms. The van der Waals surface area contributed by atoms with Gasteiger partial charge in [0.1, 0.15) is 11.5 Å². The molecule has 6 rings (SSSR count). The molecule has 1 amide bonds. The zero-order chi connectivity index (χ0) is 28.9. The van der Waals surface area contributed by atoms with Crippen LogP contribution in [0.1, 0.15) is 5.56 Å². The Balaban J connectivity index is 1.28. The van der Waals surface area contributed by atoms with Gasteiger partial charge in [0, 0.05) is 28.4 Å². The molecule has 0 bridgehead atoms. The van der Waals surface area contributed by atoms with Crippen LogP contribution in [0.25, 0.3) is 6.08 Å². The van der Waals surface area contributed by atoms with Crippen molar-refractivity contribution in [2.24, 2.45) is 4.99 Å². The van der Waals surface area contributed by atoms with Crippen LogP contribution >= 0.6 is 11.8 Å². The summed E-state index contributed by atoms with van der Waals surface area (Å²) in [5, 5.41) is 10.4. The predicted octanol–water partition coefficient (Wildman–Crippen LogP) is 8.68. The molecule has 7 heteroatoms. The van der Waals surface area contributed by atoms with Crippen LogP contribution in [0, 0.1) is 0 Å². The Morgan fingerprint density at radius 1 is 0.643 bits per heavy atom. The van der Waals surface area contributed by atoms with Crippen molar-refractivity contribution >= 4 is 57.3 Å². The second-order valence-corrected chi connectivity index (χ2v) is 10.5. The second kappa shape index (κ2) is 12.1. The summed E-state index contributed by atoms with van der Waals surface area (Å²) in [6.07, 6.45) is 1.87. The Labute approximate surface area is 248 Å². The van der Waals surface area contributed by atoms with E-state index in [0.29, 0.717) is 10.1 Å². The van der Waals surface area contributed by atoms with E-state index in [0.717, 1.165) is 39.7 Å². The van der Waals surface area contributed by atoms with E-state index in [1.165, 1.54) is 11.8 Å². The van der Waals surface area contributed by atoms with Crippen molar-refractivity contribution in [3.8, 4) is 11.5 Å². The third kappa shape index (κ3) is 5.77. The SMILES string of the molecule is COc1ccc(N(c2ccc(O)cc2)c2ccc(/C=C3/SC(N(c4ccccc4)c4ccccc4)=NC3=O)cc2)cc1. The minimum atomic E-state index is -0.264. The molecule has 1 aliphatic heterocycles. The van der Waals surface area contributed by atoms with Crippen LogP contribution in [0.4, 0.5) is 28.4 Å². The number of phenols is 1. The van der Waals surface area contributed by atoms with Crippen LogP contribution in [0.15, 0.2) is 143 Å². The summed E-state index contributed by atoms with van der Waals surface area (Å²) in [5.41, 5.74) is 5.51. The van der Waals surface area contributed by atoms with Gasteiger partial charge in [-0.05, 0) is 108 Å². The van der Waals surface area contributed by atoms with Crippen molar-refractivity contribution in [2.45, 2.75) is 0 Å². The molecule has 0 radical (unpaired) electrons. The van der Waals surface area contributed by atoms with Crippen molar-refractivity contribution in [1.82, 2.24) is 0 Å². The van der Waals surface area contributed by atoms with E-state index in [4.69, 9.17) is 4.74 Å². The van der Waals surface area contributed by atoms with Gasteiger partial charge >= 0.3 is 0 Å². The lowest BCUT2D eigenvalue weighted by molar-refractivity contribution is -0.113. The number of aliphatic imine (C=N–C) groups is 1. The van der Waals surface area contributed by atoms with E-state index in [9.17, 15) is 9.90 Å². The van der Waals surface area contributed by atoms with Crippen LogP contribution in [-0.2, 0) is 4.79 Å². The number of hydrogen-bond acceptors (Lipinski definition) is 6. The van der Waals surface area contributed by atoms with Crippen LogP contribution in [-0.4, -0.2) is 23.3 Å². The lowest BCUT2D eigenvalue weighted by Gasteiger charge is -2.25. The maximum atomic E-state index is 13.0. The lowest BCUT2D eigenvalue weighted by Crippen LogP contribution is -2.21. The third-order valence-corrected chi connectivity index (χ3v) is 7.69. The Kier molecular flexibility index (Phi) is 7.74. The molecule has 6 nitrogen and oxygen atoms in total. The Bertz CT molecular complexity index is 1700. The third-order valence-electron chi connectivity index (χ3n) is 6.72. The average molecular weight is 570 g/mol. The first-order chi connectivity index (χ1) is 20.6. The van der Waals surface area contributed by atoms with Crippen molar-refractivity contribution < 1.29 is 14.6 Å². The maximum Gasteiger partial charge on any atom is 0.286 e. The summed E-state index contributed by atoms with van der Waals surface area (Å²) in [6, 6.07) is 42.7. The van der Waals surface area contributed by atoms with E-state index in [1.807, 2.05) is 132 Å². The molecular weight excluding hydrogens is 542 g/mol. The molecule has 1 aliphatic rings. The van der Waals surface area contributed by atoms with E-state index in [1.54, 1.807) is 19.2 Å². The number of amidine groups is 1. The van der Waals surface area contributed by atoms with Gasteiger partial charge in [-0.1, -0.05) is 48.5 Å². The zero-order valence-electron chi connectivity index (χ0n) is 22.8. The predicted molar refractivity (Wildman–Crippen MR) is 172 cm³/mol. The van der Waals surface area contributed by atoms with E-state index in [2.05, 4.69) is 9.89 Å². The number of nitrogens with zero attached hydrogens (tertiary/aromatic N) is 3. The minimum absolute atomic E-state index is 0.203. The summed E-state index contributed by atoms with van der Waals surface area (Å²) in [4.78, 5) is 22.1. The van der Waals surface area contributed by atoms with Gasteiger partial charge in [-0.2, -0.15) is 4.99 Å². The molecule has 5 aromatic carbocycles. The molecule has 0 unspecified atom stereocenters. The van der Waals surface area contributed by atoms with Crippen molar-refractivity contribution in [1.29, 1.82) is 0 Å². The van der Waals surface area contributed by atoms with Gasteiger partial charge in [-0.15, -0.1) is 0 Å². The molecule has 1 heterocycles. The molecule has 0 aromatic heterocycles. The van der Waals surface area contributed by atoms with Gasteiger partial charge in [0.2, 0.25) is 0 Å². The number of para-hydroxylation sites is 2. The van der Waals surface area contributed by atoms with Crippen LogP contribution < -0.4 is 14.5 Å². The first-order valence-electron chi connectivity index (χ1n) is 13.4. The van der Waals surface area contributed by atoms with Gasteiger partial charge in [-0.25, -0.2) is 0 Å². The second-order valence-electron chi connectivity index (χ2n) is 9.46. The quantitative estimate of drug-likeness (QED) is 0.198. The Hall–Kier alpha value is -5.27. The topological polar surface area (TPSA) is 65.4 Å². The van der Waals surface area contributed by atoms with Crippen LogP contribution in [0.5, 0.6) is 11.5 Å². The number of rotatable bonds is 7. The molecule has 0 saturated carbocycles. The summed E-state index contributed by atoms with van der Waals surface area (Å²) in [7, 11) is 1.64. The molecular formula is C35H27N3O3S. The number of benzene rings is 5. The number of ether oxygens (including phenoxy) is 1. The first-order valence-corrected chi connectivity index (χ1v) is 14.2. The molecule has 5 aromatic rings. The van der Waals surface area contributed by atoms with E-state index in [-0.39, 0.29) is 11.7 Å². The number of carbonyl (C=O) groups excluding carboxylic acids is 1. The Morgan fingerprint density at radius 3 is 1.64 bits per heavy atom. The number of aromatic hydroxyl groups is 1. The van der Waals surface area contributed by atoms with Gasteiger partial charge in [0.15, 0.2) is 5.17 Å². The number of carbonyl (C=O) groups is 1. The molecule has 206 valence electrons. The largest absolute Gasteiger partial charge is 0.508 e. The fraction of sp³-hybridized carbons (Fsp3) is 0.0286. The number of phenolic OH excluding ortho intramolecular Hbond substituents is 1. The normalized spacial score (nSPS) is 13.6. The van der Waals surface area contributed by atoms with Crippen molar-refractivity contribution in [2.75, 3.05) is 16.9 Å². The average Bonchev–Trinajstić information content (AvgIpc) is 3.39. The fourth-order valence-electron chi connectivity index (χ4n) is 4.67. The maximum absolute atomic E-state index is 13.0. The molecule has 0 aliphatic carbocycles. The number of thioether (sulfide) groups is 1. The monoisotopic (exact) mass is 569 g/mol. The summed E-state index contributed by atoms with van der Waals surface area (Å²) in [5.74, 6) is 0.707. The lowest BCUT2D eigenvalue weighted by atomic mass is 10.1. The van der Waals surface area contributed by atoms with E-state index < -0.39 is 0 Å². The zero-order valence-corrected chi connectivity index (χ0v) is 23.6. The van der Waals surface area contributed by atoms with Crippen molar-refractivity contribution in [3.05, 3.63) is 144 Å². The number of anilines is 5. The fourth-order valence-corrected chi connectivity index (χ4v) is 5.62. The van der Waals surface area contributed by atoms with E-state index >= 15 is 0 Å². The number of methoxy groups -OCH3 is 1. The smallest absolute Gasteiger partial charge is 0.286 e. The van der Waals surface area contributed by atoms with Gasteiger partial charge in [0.05, 0.1) is 12.0 Å². The van der Waals surface area contributed by atoms with Gasteiger partial charge in [0.25, 0.3) is 5.91 Å². The Morgan fingerprint density at radius 2 is 1.12 bits per heavy atom. The number of hydrogen-bond donors (Lipinski definition) is 1. The summed E-state index contributed by atoms with van der Waals surface area (Å²) in [6.45, 7) is 0. The van der Waals surface area contributed by atoms with Gasteiger partial charge < -0.3 is 14.7 Å². The molecule has 1 N–H and O–H groups in total. The van der Waals surface area contributed by atoms with Crippen molar-refractivity contribution in [3.63, 3.8) is 0 Å². The standard InChI is InChI=1S/C35H27N3O3S/c1-41-32-22-18-30(19-23-32)37(29-16-20-31(39)21-17-29)28-14-12-25(13-15-28)24-33-34(40)36-35(42-33)38(26-8-4-2-5-9-26)27-10-6-3-7-11-27/h2-24,39H,1H3/b33-24+. The molecule has 0 atom stereocenters. The highest BCUT2D eigenvalue weighted by molar-refractivity contribution is 8.18. The van der Waals surface area contributed by atoms with Gasteiger partial charge in [-0.3, -0.25) is 9.69 Å². The van der Waals surface area contributed by atoms with Crippen LogP contribution in [0.2, 0.25) is 0 Å². The first kappa shape index (κ1) is 26.9. The summed E-state index contributed by atoms with van der Waals surface area (Å²) >= 11 is 1.36. The highest BCUT2D eigenvalue weighted by Crippen LogP contribution is 2.38. The highest BCUT2D eigenvalue weighted by Gasteiger charge is 2.28. The highest BCUT2D eigenvalue weighted by atomic mass is 32.2. The van der Waals surface area contributed by atoms with Crippen LogP contribution in [0.3, 0.4) is 0 Å². The number of amides is 1. The summed E-state index contributed by atoms with van der Waals surface area (Å²) < 4.78 is 5.34. The molecule has 0 spiro atoms.